The first-order valence-electron chi connectivity index (χ1n) is 5.21. The van der Waals surface area contributed by atoms with Crippen molar-refractivity contribution in [2.75, 3.05) is 31.1 Å². The molecule has 15 heavy (non-hydrogen) atoms. The number of Topliss-reactive ketones (excluding diaryl/α,β-unsaturated/α-hetero) is 1. The second-order valence-electron chi connectivity index (χ2n) is 3.67. The van der Waals surface area contributed by atoms with E-state index in [0.29, 0.717) is 5.69 Å². The highest BCUT2D eigenvalue weighted by atomic mass is 16.1. The summed E-state index contributed by atoms with van der Waals surface area (Å²) in [5, 5.41) is 3.29. The molecule has 0 atom stereocenters. The lowest BCUT2D eigenvalue weighted by atomic mass is 10.2. The number of hydrogen-bond acceptors (Lipinski definition) is 4. The lowest BCUT2D eigenvalue weighted by molar-refractivity contribution is 0.101. The average molecular weight is 205 g/mol. The minimum Gasteiger partial charge on any atom is -0.354 e. The number of piperazine rings is 1. The van der Waals surface area contributed by atoms with Crippen LogP contribution in [0.1, 0.15) is 17.4 Å². The Morgan fingerprint density at radius 2 is 2.13 bits per heavy atom. The number of nitrogens with zero attached hydrogens (tertiary/aromatic N) is 2. The number of hydrogen-bond donors (Lipinski definition) is 1. The van der Waals surface area contributed by atoms with Gasteiger partial charge in [-0.1, -0.05) is 6.07 Å². The molecule has 0 aliphatic carbocycles. The molecule has 1 fully saturated rings. The predicted molar refractivity (Wildman–Crippen MR) is 59.3 cm³/mol. The van der Waals surface area contributed by atoms with Crippen LogP contribution in [0.4, 0.5) is 5.82 Å². The third-order valence-electron chi connectivity index (χ3n) is 2.54. The van der Waals surface area contributed by atoms with Gasteiger partial charge in [-0.2, -0.15) is 0 Å². The Hall–Kier alpha value is -1.42. The fourth-order valence-corrected chi connectivity index (χ4v) is 1.69. The van der Waals surface area contributed by atoms with Gasteiger partial charge >= 0.3 is 0 Å². The molecule has 0 amide bonds. The first kappa shape index (κ1) is 10.1. The van der Waals surface area contributed by atoms with Crippen LogP contribution >= 0.6 is 0 Å². The van der Waals surface area contributed by atoms with E-state index >= 15 is 0 Å². The van der Waals surface area contributed by atoms with E-state index in [2.05, 4.69) is 15.2 Å². The summed E-state index contributed by atoms with van der Waals surface area (Å²) in [5.41, 5.74) is 0.547. The number of carbonyl (C=O) groups excluding carboxylic acids is 1. The molecule has 1 N–H and O–H groups in total. The van der Waals surface area contributed by atoms with Crippen molar-refractivity contribution in [1.82, 2.24) is 10.3 Å². The van der Waals surface area contributed by atoms with Crippen LogP contribution in [0.15, 0.2) is 18.2 Å². The fraction of sp³-hybridized carbons (Fsp3) is 0.455. The van der Waals surface area contributed by atoms with Crippen molar-refractivity contribution in [1.29, 1.82) is 0 Å². The molecule has 0 spiro atoms. The van der Waals surface area contributed by atoms with Crippen molar-refractivity contribution < 1.29 is 4.79 Å². The molecule has 1 aromatic heterocycles. The number of pyridine rings is 1. The molecule has 2 heterocycles. The molecular weight excluding hydrogens is 190 g/mol. The van der Waals surface area contributed by atoms with Gasteiger partial charge in [0.1, 0.15) is 11.5 Å². The van der Waals surface area contributed by atoms with Gasteiger partial charge in [0.05, 0.1) is 0 Å². The maximum atomic E-state index is 11.2. The molecule has 2 rings (SSSR count). The van der Waals surface area contributed by atoms with E-state index in [9.17, 15) is 4.79 Å². The summed E-state index contributed by atoms with van der Waals surface area (Å²) in [6.07, 6.45) is 0. The van der Waals surface area contributed by atoms with Crippen molar-refractivity contribution >= 4 is 11.6 Å². The average Bonchev–Trinajstić information content (AvgIpc) is 2.30. The van der Waals surface area contributed by atoms with Crippen LogP contribution < -0.4 is 10.2 Å². The third-order valence-corrected chi connectivity index (χ3v) is 2.54. The summed E-state index contributed by atoms with van der Waals surface area (Å²) in [7, 11) is 0. The molecule has 0 saturated carbocycles. The van der Waals surface area contributed by atoms with Crippen molar-refractivity contribution in [3.63, 3.8) is 0 Å². The normalized spacial score (nSPS) is 16.5. The molecule has 1 saturated heterocycles. The Morgan fingerprint density at radius 3 is 2.80 bits per heavy atom. The van der Waals surface area contributed by atoms with E-state index in [4.69, 9.17) is 0 Å². The first-order valence-corrected chi connectivity index (χ1v) is 5.21. The van der Waals surface area contributed by atoms with Crippen LogP contribution in [0.25, 0.3) is 0 Å². The quantitative estimate of drug-likeness (QED) is 0.722. The Balaban J connectivity index is 2.19. The summed E-state index contributed by atoms with van der Waals surface area (Å²) in [5.74, 6) is 0.927. The van der Waals surface area contributed by atoms with Gasteiger partial charge < -0.3 is 10.2 Å². The highest BCUT2D eigenvalue weighted by Crippen LogP contribution is 2.12. The second kappa shape index (κ2) is 4.40. The monoisotopic (exact) mass is 205 g/mol. The van der Waals surface area contributed by atoms with Gasteiger partial charge in [-0.05, 0) is 12.1 Å². The molecule has 0 bridgehead atoms. The minimum atomic E-state index is 0.0204. The van der Waals surface area contributed by atoms with Gasteiger partial charge in [0, 0.05) is 33.1 Å². The number of aromatic nitrogens is 1. The van der Waals surface area contributed by atoms with Crippen molar-refractivity contribution in [3.05, 3.63) is 23.9 Å². The molecule has 0 radical (unpaired) electrons. The Kier molecular flexibility index (Phi) is 2.97. The topological polar surface area (TPSA) is 45.2 Å². The standard InChI is InChI=1S/C11H15N3O/c1-9(15)10-3-2-4-11(13-10)14-7-5-12-6-8-14/h2-4,12H,5-8H2,1H3. The van der Waals surface area contributed by atoms with Gasteiger partial charge in [0.2, 0.25) is 0 Å². The van der Waals surface area contributed by atoms with E-state index in [-0.39, 0.29) is 5.78 Å². The van der Waals surface area contributed by atoms with Crippen LogP contribution in [0.2, 0.25) is 0 Å². The lowest BCUT2D eigenvalue weighted by Crippen LogP contribution is -2.43. The molecule has 1 aliphatic rings. The number of anilines is 1. The van der Waals surface area contributed by atoms with Crippen LogP contribution in [-0.4, -0.2) is 36.9 Å². The summed E-state index contributed by atoms with van der Waals surface area (Å²) >= 11 is 0. The molecule has 0 unspecified atom stereocenters. The van der Waals surface area contributed by atoms with Crippen molar-refractivity contribution in [2.24, 2.45) is 0 Å². The van der Waals surface area contributed by atoms with Gasteiger partial charge in [-0.15, -0.1) is 0 Å². The molecule has 4 heteroatoms. The van der Waals surface area contributed by atoms with E-state index in [1.54, 1.807) is 13.0 Å². The molecule has 4 nitrogen and oxygen atoms in total. The highest BCUT2D eigenvalue weighted by molar-refractivity contribution is 5.92. The number of rotatable bonds is 2. The minimum absolute atomic E-state index is 0.0204. The second-order valence-corrected chi connectivity index (χ2v) is 3.67. The SMILES string of the molecule is CC(=O)c1cccc(N2CCNCC2)n1. The van der Waals surface area contributed by atoms with Gasteiger partial charge in [-0.25, -0.2) is 4.98 Å². The molecule has 0 aromatic carbocycles. The summed E-state index contributed by atoms with van der Waals surface area (Å²) < 4.78 is 0. The fourth-order valence-electron chi connectivity index (χ4n) is 1.69. The van der Waals surface area contributed by atoms with Crippen LogP contribution in [0, 0.1) is 0 Å². The maximum absolute atomic E-state index is 11.2. The smallest absolute Gasteiger partial charge is 0.178 e. The summed E-state index contributed by atoms with van der Waals surface area (Å²) in [6.45, 7) is 5.41. The van der Waals surface area contributed by atoms with Crippen molar-refractivity contribution in [2.45, 2.75) is 6.92 Å². The van der Waals surface area contributed by atoms with E-state index in [1.807, 2.05) is 12.1 Å². The van der Waals surface area contributed by atoms with Crippen LogP contribution in [0.3, 0.4) is 0 Å². The van der Waals surface area contributed by atoms with Crippen LogP contribution in [0.5, 0.6) is 0 Å². The van der Waals surface area contributed by atoms with Gasteiger partial charge in [0.15, 0.2) is 5.78 Å². The van der Waals surface area contributed by atoms with Gasteiger partial charge in [-0.3, -0.25) is 4.79 Å². The molecule has 80 valence electrons. The summed E-state index contributed by atoms with van der Waals surface area (Å²) in [4.78, 5) is 17.7. The lowest BCUT2D eigenvalue weighted by Gasteiger charge is -2.28. The number of carbonyl (C=O) groups is 1. The Bertz CT molecular complexity index is 359. The highest BCUT2D eigenvalue weighted by Gasteiger charge is 2.12. The molecule has 1 aromatic rings. The zero-order chi connectivity index (χ0) is 10.7. The van der Waals surface area contributed by atoms with E-state index in [1.165, 1.54) is 0 Å². The van der Waals surface area contributed by atoms with E-state index in [0.717, 1.165) is 32.0 Å². The largest absolute Gasteiger partial charge is 0.354 e. The molecular formula is C11H15N3O. The predicted octanol–water partition coefficient (Wildman–Crippen LogP) is 0.694. The Morgan fingerprint density at radius 1 is 1.40 bits per heavy atom. The maximum Gasteiger partial charge on any atom is 0.178 e. The Labute approximate surface area is 89.3 Å². The van der Waals surface area contributed by atoms with E-state index < -0.39 is 0 Å². The van der Waals surface area contributed by atoms with Crippen LogP contribution in [-0.2, 0) is 0 Å². The number of ketones is 1. The van der Waals surface area contributed by atoms with Gasteiger partial charge in [0.25, 0.3) is 0 Å². The first-order chi connectivity index (χ1) is 7.27. The molecule has 1 aliphatic heterocycles. The van der Waals surface area contributed by atoms with Crippen molar-refractivity contribution in [3.8, 4) is 0 Å². The number of nitrogens with one attached hydrogen (secondary N) is 1. The summed E-state index contributed by atoms with van der Waals surface area (Å²) in [6, 6.07) is 5.60. The third kappa shape index (κ3) is 2.33. The zero-order valence-corrected chi connectivity index (χ0v) is 8.86. The zero-order valence-electron chi connectivity index (χ0n) is 8.86.